The molecular formula is C28H31NO8. The maximum atomic E-state index is 12.8. The SMILES string of the molecule is COC(=O)CC(c1cc(OC)c(OC)c(OC)c1)c1oc(CN2CCc3ccccc3C2)cc(=O)c1O. The molecule has 0 saturated heterocycles. The first-order chi connectivity index (χ1) is 17.9. The minimum Gasteiger partial charge on any atom is -0.502 e. The smallest absolute Gasteiger partial charge is 0.306 e. The van der Waals surface area contributed by atoms with Crippen LogP contribution in [0.2, 0.25) is 0 Å². The molecule has 2 heterocycles. The van der Waals surface area contributed by atoms with Crippen LogP contribution < -0.4 is 19.6 Å². The minimum atomic E-state index is -0.851. The summed E-state index contributed by atoms with van der Waals surface area (Å²) in [6.45, 7) is 1.89. The molecule has 1 N–H and O–H groups in total. The van der Waals surface area contributed by atoms with Crippen LogP contribution in [0.3, 0.4) is 0 Å². The van der Waals surface area contributed by atoms with Gasteiger partial charge < -0.3 is 28.5 Å². The molecule has 1 aromatic heterocycles. The zero-order chi connectivity index (χ0) is 26.5. The first-order valence-corrected chi connectivity index (χ1v) is 11.9. The number of carbonyl (C=O) groups is 1. The monoisotopic (exact) mass is 509 g/mol. The Morgan fingerprint density at radius 2 is 1.70 bits per heavy atom. The molecule has 9 heteroatoms. The second-order valence-electron chi connectivity index (χ2n) is 8.81. The Balaban J connectivity index is 1.75. The van der Waals surface area contributed by atoms with Crippen LogP contribution in [0.4, 0.5) is 0 Å². The van der Waals surface area contributed by atoms with E-state index in [-0.39, 0.29) is 12.2 Å². The number of carbonyl (C=O) groups excluding carboxylic acids is 1. The average Bonchev–Trinajstić information content (AvgIpc) is 2.92. The minimum absolute atomic E-state index is 0.0282. The number of esters is 1. The Labute approximate surface area is 215 Å². The van der Waals surface area contributed by atoms with E-state index in [9.17, 15) is 14.7 Å². The van der Waals surface area contributed by atoms with E-state index in [1.807, 2.05) is 12.1 Å². The molecule has 0 bridgehead atoms. The third-order valence-corrected chi connectivity index (χ3v) is 6.59. The molecule has 0 amide bonds. The van der Waals surface area contributed by atoms with Gasteiger partial charge in [-0.25, -0.2) is 0 Å². The number of fused-ring (bicyclic) bond motifs is 1. The molecule has 196 valence electrons. The van der Waals surface area contributed by atoms with E-state index in [2.05, 4.69) is 17.0 Å². The van der Waals surface area contributed by atoms with Gasteiger partial charge in [-0.3, -0.25) is 14.5 Å². The van der Waals surface area contributed by atoms with Gasteiger partial charge in [-0.2, -0.15) is 0 Å². The molecule has 0 aliphatic carbocycles. The fraction of sp³-hybridized carbons (Fsp3) is 0.357. The molecule has 0 fully saturated rings. The van der Waals surface area contributed by atoms with Gasteiger partial charge in [0.1, 0.15) is 5.76 Å². The van der Waals surface area contributed by atoms with E-state index in [1.54, 1.807) is 12.1 Å². The number of nitrogens with zero attached hydrogens (tertiary/aromatic N) is 1. The second kappa shape index (κ2) is 11.4. The Bertz CT molecular complexity index is 1310. The van der Waals surface area contributed by atoms with Crippen molar-refractivity contribution >= 4 is 5.97 Å². The van der Waals surface area contributed by atoms with Gasteiger partial charge in [0.25, 0.3) is 0 Å². The van der Waals surface area contributed by atoms with Crippen LogP contribution in [-0.4, -0.2) is 51.0 Å². The lowest BCUT2D eigenvalue weighted by molar-refractivity contribution is -0.140. The van der Waals surface area contributed by atoms with Crippen molar-refractivity contribution in [2.24, 2.45) is 0 Å². The molecule has 0 radical (unpaired) electrons. The van der Waals surface area contributed by atoms with Crippen LogP contribution in [0.5, 0.6) is 23.0 Å². The van der Waals surface area contributed by atoms with Crippen molar-refractivity contribution in [1.82, 2.24) is 4.90 Å². The maximum Gasteiger partial charge on any atom is 0.306 e. The Kier molecular flexibility index (Phi) is 8.03. The molecule has 4 rings (SSSR count). The van der Waals surface area contributed by atoms with Gasteiger partial charge >= 0.3 is 5.97 Å². The standard InChI is InChI=1S/C28H31NO8/c1-33-23-11-19(12-24(34-2)28(23)36-4)21(14-25(31)35-3)27-26(32)22(30)13-20(37-27)16-29-10-9-17-7-5-6-8-18(17)15-29/h5-8,11-13,21,32H,9-10,14-16H2,1-4H3. The number of rotatable bonds is 9. The van der Waals surface area contributed by atoms with Crippen LogP contribution in [-0.2, 0) is 29.0 Å². The summed E-state index contributed by atoms with van der Waals surface area (Å²) in [4.78, 5) is 27.4. The van der Waals surface area contributed by atoms with Gasteiger partial charge in [-0.15, -0.1) is 0 Å². The Hall–Kier alpha value is -3.98. The fourth-order valence-electron chi connectivity index (χ4n) is 4.69. The van der Waals surface area contributed by atoms with Crippen LogP contribution in [0.1, 0.15) is 40.5 Å². The van der Waals surface area contributed by atoms with Crippen molar-refractivity contribution in [3.05, 3.63) is 80.9 Å². The van der Waals surface area contributed by atoms with Crippen molar-refractivity contribution in [3.8, 4) is 23.0 Å². The quantitative estimate of drug-likeness (QED) is 0.433. The van der Waals surface area contributed by atoms with Crippen molar-refractivity contribution < 1.29 is 33.3 Å². The second-order valence-corrected chi connectivity index (χ2v) is 8.81. The van der Waals surface area contributed by atoms with Gasteiger partial charge in [-0.1, -0.05) is 24.3 Å². The van der Waals surface area contributed by atoms with Crippen LogP contribution >= 0.6 is 0 Å². The number of ether oxygens (including phenoxy) is 4. The number of hydrogen-bond donors (Lipinski definition) is 1. The molecule has 0 spiro atoms. The summed E-state index contributed by atoms with van der Waals surface area (Å²) in [6, 6.07) is 12.9. The highest BCUT2D eigenvalue weighted by atomic mass is 16.5. The lowest BCUT2D eigenvalue weighted by Gasteiger charge is -2.28. The summed E-state index contributed by atoms with van der Waals surface area (Å²) < 4.78 is 27.4. The van der Waals surface area contributed by atoms with Gasteiger partial charge in [-0.05, 0) is 35.2 Å². The predicted octanol–water partition coefficient (Wildman–Crippen LogP) is 3.62. The number of aromatic hydroxyl groups is 1. The first kappa shape index (κ1) is 26.1. The van der Waals surface area contributed by atoms with Crippen LogP contribution in [0.25, 0.3) is 0 Å². The predicted molar refractivity (Wildman–Crippen MR) is 135 cm³/mol. The first-order valence-electron chi connectivity index (χ1n) is 11.9. The summed E-state index contributed by atoms with van der Waals surface area (Å²) in [7, 11) is 5.71. The molecule has 2 aromatic carbocycles. The van der Waals surface area contributed by atoms with E-state index in [0.717, 1.165) is 13.0 Å². The largest absolute Gasteiger partial charge is 0.502 e. The Morgan fingerprint density at radius 3 is 2.32 bits per heavy atom. The van der Waals surface area contributed by atoms with E-state index >= 15 is 0 Å². The summed E-state index contributed by atoms with van der Waals surface area (Å²) in [5.74, 6) is -0.507. The summed E-state index contributed by atoms with van der Waals surface area (Å²) in [6.07, 6.45) is 0.702. The topological polar surface area (TPSA) is 108 Å². The van der Waals surface area contributed by atoms with Crippen molar-refractivity contribution in [2.75, 3.05) is 35.0 Å². The molecule has 9 nitrogen and oxygen atoms in total. The zero-order valence-corrected chi connectivity index (χ0v) is 21.4. The molecular weight excluding hydrogens is 478 g/mol. The molecule has 1 atom stereocenters. The van der Waals surface area contributed by atoms with E-state index in [0.29, 0.717) is 41.7 Å². The zero-order valence-electron chi connectivity index (χ0n) is 21.4. The maximum absolute atomic E-state index is 12.8. The van der Waals surface area contributed by atoms with Gasteiger partial charge in [0.15, 0.2) is 17.3 Å². The van der Waals surface area contributed by atoms with E-state index < -0.39 is 23.1 Å². The van der Waals surface area contributed by atoms with Crippen LogP contribution in [0, 0.1) is 0 Å². The molecule has 1 unspecified atom stereocenters. The molecule has 0 saturated carbocycles. The molecule has 1 aliphatic rings. The molecule has 3 aromatic rings. The summed E-state index contributed by atoms with van der Waals surface area (Å²) >= 11 is 0. The average molecular weight is 510 g/mol. The molecule has 1 aliphatic heterocycles. The molecule has 37 heavy (non-hydrogen) atoms. The normalized spacial score (nSPS) is 13.9. The summed E-state index contributed by atoms with van der Waals surface area (Å²) in [5.41, 5.74) is 2.47. The lowest BCUT2D eigenvalue weighted by Crippen LogP contribution is -2.30. The fourth-order valence-corrected chi connectivity index (χ4v) is 4.69. The highest BCUT2D eigenvalue weighted by Crippen LogP contribution is 2.43. The van der Waals surface area contributed by atoms with E-state index in [4.69, 9.17) is 23.4 Å². The van der Waals surface area contributed by atoms with Crippen molar-refractivity contribution in [2.45, 2.75) is 31.8 Å². The third kappa shape index (κ3) is 5.56. The highest BCUT2D eigenvalue weighted by molar-refractivity contribution is 5.71. The van der Waals surface area contributed by atoms with Gasteiger partial charge in [0.05, 0.1) is 47.3 Å². The van der Waals surface area contributed by atoms with Gasteiger partial charge in [0, 0.05) is 19.2 Å². The van der Waals surface area contributed by atoms with Gasteiger partial charge in [0.2, 0.25) is 16.9 Å². The van der Waals surface area contributed by atoms with Crippen LogP contribution in [0.15, 0.2) is 51.7 Å². The summed E-state index contributed by atoms with van der Waals surface area (Å²) in [5, 5.41) is 10.8. The van der Waals surface area contributed by atoms with Crippen molar-refractivity contribution in [1.29, 1.82) is 0 Å². The third-order valence-electron chi connectivity index (χ3n) is 6.59. The van der Waals surface area contributed by atoms with E-state index in [1.165, 1.54) is 45.6 Å². The number of methoxy groups -OCH3 is 4. The Morgan fingerprint density at radius 1 is 1.03 bits per heavy atom. The number of benzene rings is 2. The highest BCUT2D eigenvalue weighted by Gasteiger charge is 2.29. The van der Waals surface area contributed by atoms with Crippen molar-refractivity contribution in [3.63, 3.8) is 0 Å². The number of hydrogen-bond acceptors (Lipinski definition) is 9. The lowest BCUT2D eigenvalue weighted by atomic mass is 9.91.